The summed E-state index contributed by atoms with van der Waals surface area (Å²) in [7, 11) is 2.29. The largest absolute Gasteiger partial charge is 0.303 e. The molecule has 1 aromatic rings. The minimum absolute atomic E-state index is 0.0668. The molecule has 4 rings (SSSR count). The van der Waals surface area contributed by atoms with Crippen LogP contribution in [0.25, 0.3) is 0 Å². The van der Waals surface area contributed by atoms with Gasteiger partial charge in [0.05, 0.1) is 5.69 Å². The molecule has 0 spiro atoms. The van der Waals surface area contributed by atoms with Crippen molar-refractivity contribution < 1.29 is 0 Å². The van der Waals surface area contributed by atoms with Crippen LogP contribution < -0.4 is 5.56 Å². The van der Waals surface area contributed by atoms with Crippen LogP contribution in [0, 0.1) is 5.92 Å². The minimum Gasteiger partial charge on any atom is -0.303 e. The van der Waals surface area contributed by atoms with E-state index in [-0.39, 0.29) is 5.56 Å². The van der Waals surface area contributed by atoms with Crippen molar-refractivity contribution in [3.8, 4) is 0 Å². The maximum atomic E-state index is 12.1. The van der Waals surface area contributed by atoms with Gasteiger partial charge in [-0.2, -0.15) is 5.10 Å². The normalized spacial score (nSPS) is 26.3. The van der Waals surface area contributed by atoms with Crippen molar-refractivity contribution in [2.45, 2.75) is 69.9 Å². The van der Waals surface area contributed by atoms with E-state index in [1.165, 1.54) is 77.5 Å². The van der Waals surface area contributed by atoms with Crippen molar-refractivity contribution in [2.75, 3.05) is 33.2 Å². The molecule has 3 aliphatic rings. The number of piperidine rings is 2. The minimum atomic E-state index is 0.0668. The Hall–Kier alpha value is -1.20. The fraction of sp³-hybridized carbons (Fsp3) is 0.810. The van der Waals surface area contributed by atoms with E-state index in [1.807, 2.05) is 6.07 Å². The van der Waals surface area contributed by atoms with E-state index >= 15 is 0 Å². The zero-order chi connectivity index (χ0) is 17.9. The van der Waals surface area contributed by atoms with Crippen LogP contribution in [-0.2, 0) is 6.54 Å². The van der Waals surface area contributed by atoms with Crippen molar-refractivity contribution in [3.63, 3.8) is 0 Å². The average Bonchev–Trinajstić information content (AvgIpc) is 3.49. The first kappa shape index (κ1) is 18.2. The fourth-order valence-electron chi connectivity index (χ4n) is 4.67. The lowest BCUT2D eigenvalue weighted by Gasteiger charge is -2.36. The van der Waals surface area contributed by atoms with Crippen LogP contribution in [0.5, 0.6) is 0 Å². The summed E-state index contributed by atoms with van der Waals surface area (Å²) in [5, 5.41) is 4.64. The van der Waals surface area contributed by atoms with Gasteiger partial charge in [0, 0.05) is 24.6 Å². The first-order chi connectivity index (χ1) is 12.7. The molecule has 1 aromatic heterocycles. The smallest absolute Gasteiger partial charge is 0.266 e. The summed E-state index contributed by atoms with van der Waals surface area (Å²) in [6.07, 6.45) is 10.3. The van der Waals surface area contributed by atoms with Crippen LogP contribution in [0.1, 0.15) is 63.0 Å². The second kappa shape index (κ2) is 8.22. The topological polar surface area (TPSA) is 41.4 Å². The van der Waals surface area contributed by atoms with Gasteiger partial charge in [0.2, 0.25) is 0 Å². The highest BCUT2D eigenvalue weighted by molar-refractivity contribution is 5.12. The molecule has 1 aliphatic carbocycles. The van der Waals surface area contributed by atoms with Crippen molar-refractivity contribution >= 4 is 0 Å². The van der Waals surface area contributed by atoms with Crippen molar-refractivity contribution in [2.24, 2.45) is 5.92 Å². The molecule has 5 nitrogen and oxygen atoms in total. The molecule has 1 saturated carbocycles. The summed E-state index contributed by atoms with van der Waals surface area (Å²) in [6, 6.07) is 4.44. The van der Waals surface area contributed by atoms with E-state index in [1.54, 1.807) is 10.7 Å². The molecular weight excluding hydrogens is 324 g/mol. The third kappa shape index (κ3) is 4.55. The summed E-state index contributed by atoms with van der Waals surface area (Å²) in [6.45, 7) is 5.67. The molecule has 0 aromatic carbocycles. The van der Waals surface area contributed by atoms with Crippen LogP contribution in [0.4, 0.5) is 0 Å². The third-order valence-electron chi connectivity index (χ3n) is 6.72. The number of rotatable bonds is 6. The highest BCUT2D eigenvalue weighted by atomic mass is 16.1. The molecule has 2 saturated heterocycles. The molecule has 1 atom stereocenters. The molecule has 1 unspecified atom stereocenters. The number of hydrogen-bond acceptors (Lipinski definition) is 4. The van der Waals surface area contributed by atoms with Gasteiger partial charge >= 0.3 is 0 Å². The van der Waals surface area contributed by atoms with E-state index < -0.39 is 0 Å². The van der Waals surface area contributed by atoms with E-state index in [2.05, 4.69) is 21.9 Å². The molecule has 0 radical (unpaired) electrons. The maximum Gasteiger partial charge on any atom is 0.266 e. The first-order valence-corrected chi connectivity index (χ1v) is 10.7. The molecule has 144 valence electrons. The summed E-state index contributed by atoms with van der Waals surface area (Å²) >= 11 is 0. The molecule has 26 heavy (non-hydrogen) atoms. The van der Waals surface area contributed by atoms with Gasteiger partial charge in [-0.05, 0) is 90.2 Å². The Morgan fingerprint density at radius 2 is 1.85 bits per heavy atom. The quantitative estimate of drug-likeness (QED) is 0.784. The summed E-state index contributed by atoms with van der Waals surface area (Å²) in [5.41, 5.74) is 1.19. The molecule has 3 heterocycles. The van der Waals surface area contributed by atoms with E-state index in [4.69, 9.17) is 0 Å². The second-order valence-electron chi connectivity index (χ2n) is 8.76. The van der Waals surface area contributed by atoms with Gasteiger partial charge in [-0.3, -0.25) is 4.79 Å². The third-order valence-corrected chi connectivity index (χ3v) is 6.72. The molecule has 5 heteroatoms. The van der Waals surface area contributed by atoms with Crippen LogP contribution in [0.2, 0.25) is 0 Å². The molecule has 3 fully saturated rings. The molecule has 0 bridgehead atoms. The second-order valence-corrected chi connectivity index (χ2v) is 8.76. The number of aromatic nitrogens is 2. The van der Waals surface area contributed by atoms with Gasteiger partial charge in [-0.15, -0.1) is 0 Å². The number of nitrogens with zero attached hydrogens (tertiary/aromatic N) is 4. The van der Waals surface area contributed by atoms with Crippen LogP contribution >= 0.6 is 0 Å². The monoisotopic (exact) mass is 358 g/mol. The molecular formula is C21H34N4O. The van der Waals surface area contributed by atoms with Gasteiger partial charge in [-0.25, -0.2) is 4.68 Å². The maximum absolute atomic E-state index is 12.1. The van der Waals surface area contributed by atoms with E-state index in [9.17, 15) is 4.79 Å². The Balaban J connectivity index is 1.23. The van der Waals surface area contributed by atoms with E-state index in [0.29, 0.717) is 11.8 Å². The lowest BCUT2D eigenvalue weighted by Crippen LogP contribution is -2.41. The summed E-state index contributed by atoms with van der Waals surface area (Å²) < 4.78 is 1.74. The molecule has 0 amide bonds. The zero-order valence-corrected chi connectivity index (χ0v) is 16.3. The first-order valence-electron chi connectivity index (χ1n) is 10.7. The van der Waals surface area contributed by atoms with Crippen LogP contribution in [0.3, 0.4) is 0 Å². The Labute approximate surface area is 157 Å². The molecule has 2 aliphatic heterocycles. The standard InChI is InChI=1S/C21H34N4O/c1-23-12-3-2-4-19(23)11-15-24-13-9-17(10-14-24)16-25-21(26)8-7-20(22-25)18-5-6-18/h7-8,17-19H,2-6,9-16H2,1H3. The Morgan fingerprint density at radius 1 is 1.04 bits per heavy atom. The van der Waals surface area contributed by atoms with Crippen molar-refractivity contribution in [1.82, 2.24) is 19.6 Å². The van der Waals surface area contributed by atoms with Gasteiger partial charge in [0.15, 0.2) is 0 Å². The van der Waals surface area contributed by atoms with E-state index in [0.717, 1.165) is 18.3 Å². The Kier molecular flexibility index (Phi) is 5.75. The summed E-state index contributed by atoms with van der Waals surface area (Å²) in [4.78, 5) is 17.3. The SMILES string of the molecule is CN1CCCCC1CCN1CCC(Cn2nc(C3CC3)ccc2=O)CC1. The summed E-state index contributed by atoms with van der Waals surface area (Å²) in [5.74, 6) is 1.21. The van der Waals surface area contributed by atoms with Crippen LogP contribution in [-0.4, -0.2) is 58.8 Å². The van der Waals surface area contributed by atoms with Gasteiger partial charge < -0.3 is 9.80 Å². The van der Waals surface area contributed by atoms with Crippen molar-refractivity contribution in [1.29, 1.82) is 0 Å². The lowest BCUT2D eigenvalue weighted by atomic mass is 9.95. The zero-order valence-electron chi connectivity index (χ0n) is 16.3. The Bertz CT molecular complexity index is 646. The highest BCUT2D eigenvalue weighted by Gasteiger charge is 2.27. The molecule has 0 N–H and O–H groups in total. The predicted octanol–water partition coefficient (Wildman–Crippen LogP) is 2.71. The fourth-order valence-corrected chi connectivity index (χ4v) is 4.67. The van der Waals surface area contributed by atoms with Gasteiger partial charge in [-0.1, -0.05) is 6.42 Å². The van der Waals surface area contributed by atoms with Gasteiger partial charge in [0.1, 0.15) is 0 Å². The average molecular weight is 359 g/mol. The number of likely N-dealkylation sites (tertiary alicyclic amines) is 2. The Morgan fingerprint density at radius 3 is 2.58 bits per heavy atom. The van der Waals surface area contributed by atoms with Gasteiger partial charge in [0.25, 0.3) is 5.56 Å². The number of hydrogen-bond donors (Lipinski definition) is 0. The van der Waals surface area contributed by atoms with Crippen LogP contribution in [0.15, 0.2) is 16.9 Å². The highest BCUT2D eigenvalue weighted by Crippen LogP contribution is 2.38. The lowest BCUT2D eigenvalue weighted by molar-refractivity contribution is 0.129. The predicted molar refractivity (Wildman–Crippen MR) is 105 cm³/mol. The van der Waals surface area contributed by atoms with Crippen molar-refractivity contribution in [3.05, 3.63) is 28.2 Å².